The molecule has 1 aromatic rings. The molecule has 0 radical (unpaired) electrons. The largest absolute Gasteiger partial charge is 0.493 e. The zero-order valence-corrected chi connectivity index (χ0v) is 10.1. The monoisotopic (exact) mass is 233 g/mol. The molecule has 1 atom stereocenters. The van der Waals surface area contributed by atoms with Gasteiger partial charge in [-0.3, -0.25) is 0 Å². The third-order valence-electron chi connectivity index (χ3n) is 3.53. The van der Waals surface area contributed by atoms with Crippen LogP contribution in [-0.4, -0.2) is 32.4 Å². The van der Waals surface area contributed by atoms with Crippen molar-refractivity contribution in [3.8, 4) is 5.75 Å². The van der Waals surface area contributed by atoms with Crippen molar-refractivity contribution in [2.75, 3.05) is 26.4 Å². The summed E-state index contributed by atoms with van der Waals surface area (Å²) in [5.74, 6) is 1.08. The van der Waals surface area contributed by atoms with E-state index in [4.69, 9.17) is 9.47 Å². The van der Waals surface area contributed by atoms with E-state index in [9.17, 15) is 0 Å². The number of hydrogen-bond donors (Lipinski definition) is 1. The minimum Gasteiger partial charge on any atom is -0.493 e. The van der Waals surface area contributed by atoms with Crippen molar-refractivity contribution in [1.82, 2.24) is 5.32 Å². The zero-order valence-electron chi connectivity index (χ0n) is 10.1. The fourth-order valence-electron chi connectivity index (χ4n) is 2.54. The summed E-state index contributed by atoms with van der Waals surface area (Å²) in [4.78, 5) is 0. The average Bonchev–Trinajstić information content (AvgIpc) is 2.85. The number of ether oxygens (including phenoxy) is 2. The SMILES string of the molecule is c1cc2c(cc1CCC1COCCN1)CCO2. The summed E-state index contributed by atoms with van der Waals surface area (Å²) in [5.41, 5.74) is 2.79. The lowest BCUT2D eigenvalue weighted by molar-refractivity contribution is 0.0743. The van der Waals surface area contributed by atoms with Gasteiger partial charge in [0.2, 0.25) is 0 Å². The maximum atomic E-state index is 5.52. The van der Waals surface area contributed by atoms with Crippen LogP contribution < -0.4 is 10.1 Å². The first kappa shape index (κ1) is 11.1. The van der Waals surface area contributed by atoms with Crippen molar-refractivity contribution in [2.24, 2.45) is 0 Å². The highest BCUT2D eigenvalue weighted by molar-refractivity contribution is 5.39. The minimum atomic E-state index is 0.522. The molecule has 1 N–H and O–H groups in total. The average molecular weight is 233 g/mol. The fraction of sp³-hybridized carbons (Fsp3) is 0.571. The van der Waals surface area contributed by atoms with Crippen LogP contribution in [0.2, 0.25) is 0 Å². The van der Waals surface area contributed by atoms with Gasteiger partial charge in [0.1, 0.15) is 5.75 Å². The molecule has 0 spiro atoms. The van der Waals surface area contributed by atoms with E-state index in [1.54, 1.807) is 0 Å². The number of morpholine rings is 1. The van der Waals surface area contributed by atoms with Crippen LogP contribution in [0.15, 0.2) is 18.2 Å². The lowest BCUT2D eigenvalue weighted by Gasteiger charge is -2.23. The summed E-state index contributed by atoms with van der Waals surface area (Å²) in [6.07, 6.45) is 3.34. The predicted molar refractivity (Wildman–Crippen MR) is 66.6 cm³/mol. The maximum absolute atomic E-state index is 5.52. The molecule has 0 saturated carbocycles. The van der Waals surface area contributed by atoms with Crippen molar-refractivity contribution in [3.63, 3.8) is 0 Å². The van der Waals surface area contributed by atoms with E-state index in [1.807, 2.05) is 0 Å². The summed E-state index contributed by atoms with van der Waals surface area (Å²) in [6, 6.07) is 7.12. The molecule has 1 aromatic carbocycles. The number of nitrogens with one attached hydrogen (secondary N) is 1. The Bertz CT molecular complexity index is 386. The Balaban J connectivity index is 1.57. The summed E-state index contributed by atoms with van der Waals surface area (Å²) >= 11 is 0. The summed E-state index contributed by atoms with van der Waals surface area (Å²) < 4.78 is 11.0. The highest BCUT2D eigenvalue weighted by Crippen LogP contribution is 2.26. The molecule has 0 aliphatic carbocycles. The lowest BCUT2D eigenvalue weighted by Crippen LogP contribution is -2.41. The van der Waals surface area contributed by atoms with Gasteiger partial charge < -0.3 is 14.8 Å². The van der Waals surface area contributed by atoms with Crippen LogP contribution in [0.25, 0.3) is 0 Å². The maximum Gasteiger partial charge on any atom is 0.122 e. The first-order chi connectivity index (χ1) is 8.42. The van der Waals surface area contributed by atoms with Gasteiger partial charge in [0.25, 0.3) is 0 Å². The second-order valence-corrected chi connectivity index (χ2v) is 4.81. The number of benzene rings is 1. The molecule has 3 nitrogen and oxygen atoms in total. The molecular weight excluding hydrogens is 214 g/mol. The van der Waals surface area contributed by atoms with Crippen molar-refractivity contribution in [3.05, 3.63) is 29.3 Å². The summed E-state index contributed by atoms with van der Waals surface area (Å²) in [7, 11) is 0. The van der Waals surface area contributed by atoms with Crippen LogP contribution in [-0.2, 0) is 17.6 Å². The summed E-state index contributed by atoms with van der Waals surface area (Å²) in [6.45, 7) is 3.54. The first-order valence-corrected chi connectivity index (χ1v) is 6.47. The molecule has 0 amide bonds. The molecule has 1 fully saturated rings. The van der Waals surface area contributed by atoms with Crippen LogP contribution in [0.1, 0.15) is 17.5 Å². The van der Waals surface area contributed by atoms with Crippen molar-refractivity contribution in [1.29, 1.82) is 0 Å². The zero-order chi connectivity index (χ0) is 11.5. The quantitative estimate of drug-likeness (QED) is 0.859. The standard InChI is InChI=1S/C14H19NO2/c1(3-13-10-16-8-6-15-13)11-2-4-14-12(9-11)5-7-17-14/h2,4,9,13,15H,1,3,5-8,10H2. The molecule has 1 unspecified atom stereocenters. The second-order valence-electron chi connectivity index (χ2n) is 4.81. The minimum absolute atomic E-state index is 0.522. The number of fused-ring (bicyclic) bond motifs is 1. The van der Waals surface area contributed by atoms with Crippen LogP contribution in [0.5, 0.6) is 5.75 Å². The molecular formula is C14H19NO2. The third-order valence-corrected chi connectivity index (χ3v) is 3.53. The number of aryl methyl sites for hydroxylation is 1. The predicted octanol–water partition coefficient (Wildman–Crippen LogP) is 1.54. The van der Waals surface area contributed by atoms with Gasteiger partial charge in [-0.1, -0.05) is 12.1 Å². The van der Waals surface area contributed by atoms with E-state index in [2.05, 4.69) is 23.5 Å². The van der Waals surface area contributed by atoms with Gasteiger partial charge in [0.05, 0.1) is 19.8 Å². The Hall–Kier alpha value is -1.06. The van der Waals surface area contributed by atoms with Crippen LogP contribution >= 0.6 is 0 Å². The topological polar surface area (TPSA) is 30.5 Å². The van der Waals surface area contributed by atoms with Gasteiger partial charge in [0.15, 0.2) is 0 Å². The molecule has 0 bridgehead atoms. The van der Waals surface area contributed by atoms with Crippen LogP contribution in [0.4, 0.5) is 0 Å². The van der Waals surface area contributed by atoms with Gasteiger partial charge in [-0.2, -0.15) is 0 Å². The third kappa shape index (κ3) is 2.61. The van der Waals surface area contributed by atoms with Crippen molar-refractivity contribution >= 4 is 0 Å². The van der Waals surface area contributed by atoms with Gasteiger partial charge in [-0.05, 0) is 30.0 Å². The van der Waals surface area contributed by atoms with E-state index < -0.39 is 0 Å². The van der Waals surface area contributed by atoms with Crippen LogP contribution in [0, 0.1) is 0 Å². The fourth-order valence-corrected chi connectivity index (χ4v) is 2.54. The Morgan fingerprint density at radius 3 is 3.18 bits per heavy atom. The van der Waals surface area contributed by atoms with E-state index in [0.29, 0.717) is 6.04 Å². The van der Waals surface area contributed by atoms with E-state index in [-0.39, 0.29) is 0 Å². The molecule has 3 rings (SSSR count). The number of hydrogen-bond acceptors (Lipinski definition) is 3. The van der Waals surface area contributed by atoms with Gasteiger partial charge in [0, 0.05) is 19.0 Å². The normalized spacial score (nSPS) is 23.2. The van der Waals surface area contributed by atoms with E-state index in [1.165, 1.54) is 11.1 Å². The van der Waals surface area contributed by atoms with Gasteiger partial charge >= 0.3 is 0 Å². The van der Waals surface area contributed by atoms with E-state index >= 15 is 0 Å². The molecule has 17 heavy (non-hydrogen) atoms. The van der Waals surface area contributed by atoms with Crippen molar-refractivity contribution < 1.29 is 9.47 Å². The van der Waals surface area contributed by atoms with Crippen molar-refractivity contribution in [2.45, 2.75) is 25.3 Å². The first-order valence-electron chi connectivity index (χ1n) is 6.47. The molecule has 2 aliphatic rings. The second kappa shape index (κ2) is 5.07. The van der Waals surface area contributed by atoms with Gasteiger partial charge in [-0.25, -0.2) is 0 Å². The highest BCUT2D eigenvalue weighted by atomic mass is 16.5. The smallest absolute Gasteiger partial charge is 0.122 e. The Morgan fingerprint density at radius 1 is 1.29 bits per heavy atom. The molecule has 92 valence electrons. The van der Waals surface area contributed by atoms with E-state index in [0.717, 1.165) is 51.4 Å². The Morgan fingerprint density at radius 2 is 2.29 bits per heavy atom. The van der Waals surface area contributed by atoms with Crippen LogP contribution in [0.3, 0.4) is 0 Å². The molecule has 2 heterocycles. The molecule has 0 aromatic heterocycles. The molecule has 3 heteroatoms. The summed E-state index contributed by atoms with van der Waals surface area (Å²) in [5, 5.41) is 3.49. The number of rotatable bonds is 3. The molecule has 2 aliphatic heterocycles. The lowest BCUT2D eigenvalue weighted by atomic mass is 10.0. The Labute approximate surface area is 102 Å². The highest BCUT2D eigenvalue weighted by Gasteiger charge is 2.15. The van der Waals surface area contributed by atoms with Gasteiger partial charge in [-0.15, -0.1) is 0 Å². The molecule has 1 saturated heterocycles. The Kier molecular flexibility index (Phi) is 3.29.